The van der Waals surface area contributed by atoms with Crippen molar-refractivity contribution >= 4 is 45.3 Å². The number of rotatable bonds is 5. The van der Waals surface area contributed by atoms with Gasteiger partial charge < -0.3 is 19.3 Å². The molecule has 1 aromatic heterocycles. The third-order valence-corrected chi connectivity index (χ3v) is 4.41. The molecule has 148 valence electrons. The lowest BCUT2D eigenvalue weighted by molar-refractivity contribution is -0.105. The monoisotopic (exact) mass is 409 g/mol. The highest BCUT2D eigenvalue weighted by Gasteiger charge is 2.09. The molecule has 1 N–H and O–H groups in total. The SMILES string of the molecule is CNc1ccc2c(c1)c(=O)oc1cc(OCc3ccccc3)ccc12.O=CCCl. The summed E-state index contributed by atoms with van der Waals surface area (Å²) in [6.07, 6.45) is 0.640. The van der Waals surface area contributed by atoms with E-state index in [1.54, 1.807) is 12.1 Å². The maximum Gasteiger partial charge on any atom is 0.344 e. The average Bonchev–Trinajstić information content (AvgIpc) is 2.78. The van der Waals surface area contributed by atoms with Crippen LogP contribution >= 0.6 is 11.6 Å². The molecule has 6 heteroatoms. The van der Waals surface area contributed by atoms with Gasteiger partial charge in [0.1, 0.15) is 24.2 Å². The minimum atomic E-state index is -0.347. The predicted molar refractivity (Wildman–Crippen MR) is 117 cm³/mol. The molecule has 3 aromatic carbocycles. The van der Waals surface area contributed by atoms with E-state index in [-0.39, 0.29) is 11.5 Å². The summed E-state index contributed by atoms with van der Waals surface area (Å²) < 4.78 is 11.3. The first kappa shape index (κ1) is 20.4. The van der Waals surface area contributed by atoms with Crippen LogP contribution in [0.25, 0.3) is 21.7 Å². The molecule has 0 radical (unpaired) electrons. The Morgan fingerprint density at radius 2 is 1.72 bits per heavy atom. The fraction of sp³-hybridized carbons (Fsp3) is 0.130. The van der Waals surface area contributed by atoms with E-state index >= 15 is 0 Å². The summed E-state index contributed by atoms with van der Waals surface area (Å²) in [5, 5.41) is 5.37. The standard InChI is InChI=1S/C21H17NO3.C2H3ClO/c1-22-15-7-9-17-18-10-8-16(24-13-14-5-3-2-4-6-14)12-20(18)25-21(23)19(17)11-15;3-1-2-4/h2-12,22H,13H2,1H3;2H,1H2. The minimum absolute atomic E-state index is 0.111. The summed E-state index contributed by atoms with van der Waals surface area (Å²) in [4.78, 5) is 21.4. The molecule has 0 unspecified atom stereocenters. The molecule has 0 spiro atoms. The Kier molecular flexibility index (Phi) is 6.87. The maximum atomic E-state index is 12.3. The number of hydrogen-bond acceptors (Lipinski definition) is 5. The van der Waals surface area contributed by atoms with Crippen molar-refractivity contribution in [2.75, 3.05) is 18.2 Å². The second-order valence-corrected chi connectivity index (χ2v) is 6.46. The van der Waals surface area contributed by atoms with Crippen molar-refractivity contribution in [2.45, 2.75) is 6.61 Å². The highest BCUT2D eigenvalue weighted by atomic mass is 35.5. The fourth-order valence-corrected chi connectivity index (χ4v) is 2.90. The third-order valence-electron chi connectivity index (χ3n) is 4.29. The number of fused-ring (bicyclic) bond motifs is 3. The molecule has 0 fully saturated rings. The van der Waals surface area contributed by atoms with Gasteiger partial charge in [0.05, 0.1) is 11.3 Å². The Labute approximate surface area is 172 Å². The second kappa shape index (κ2) is 9.75. The molecule has 0 bridgehead atoms. The van der Waals surface area contributed by atoms with Gasteiger partial charge in [0.25, 0.3) is 0 Å². The van der Waals surface area contributed by atoms with Gasteiger partial charge in [0.15, 0.2) is 0 Å². The van der Waals surface area contributed by atoms with Gasteiger partial charge >= 0.3 is 5.63 Å². The van der Waals surface area contributed by atoms with Crippen LogP contribution < -0.4 is 15.7 Å². The second-order valence-electron chi connectivity index (χ2n) is 6.15. The van der Waals surface area contributed by atoms with E-state index in [0.29, 0.717) is 29.6 Å². The van der Waals surface area contributed by atoms with Crippen molar-refractivity contribution in [3.63, 3.8) is 0 Å². The molecular formula is C23H20ClNO4. The molecule has 0 aliphatic rings. The molecule has 29 heavy (non-hydrogen) atoms. The zero-order valence-electron chi connectivity index (χ0n) is 15.9. The molecule has 0 aliphatic heterocycles. The number of ether oxygens (including phenoxy) is 1. The van der Waals surface area contributed by atoms with Gasteiger partial charge in [-0.05, 0) is 29.8 Å². The maximum absolute atomic E-state index is 12.3. The van der Waals surface area contributed by atoms with E-state index in [0.717, 1.165) is 22.0 Å². The smallest absolute Gasteiger partial charge is 0.344 e. The zero-order valence-corrected chi connectivity index (χ0v) is 16.6. The van der Waals surface area contributed by atoms with Crippen LogP contribution in [-0.4, -0.2) is 19.2 Å². The number of anilines is 1. The number of carbonyl (C=O) groups is 1. The van der Waals surface area contributed by atoms with Crippen molar-refractivity contribution in [1.82, 2.24) is 0 Å². The van der Waals surface area contributed by atoms with E-state index in [4.69, 9.17) is 25.5 Å². The average molecular weight is 410 g/mol. The van der Waals surface area contributed by atoms with Gasteiger partial charge in [-0.25, -0.2) is 4.79 Å². The van der Waals surface area contributed by atoms with E-state index in [9.17, 15) is 4.79 Å². The molecule has 1 heterocycles. The van der Waals surface area contributed by atoms with Gasteiger partial charge in [0, 0.05) is 29.6 Å². The number of nitrogens with one attached hydrogen (secondary N) is 1. The fourth-order valence-electron chi connectivity index (χ4n) is 2.90. The van der Waals surface area contributed by atoms with E-state index in [1.807, 2.05) is 61.6 Å². The van der Waals surface area contributed by atoms with Crippen molar-refractivity contribution in [3.05, 3.63) is 82.7 Å². The van der Waals surface area contributed by atoms with Gasteiger partial charge in [0.2, 0.25) is 0 Å². The van der Waals surface area contributed by atoms with Crippen LogP contribution in [0.15, 0.2) is 75.9 Å². The van der Waals surface area contributed by atoms with Crippen molar-refractivity contribution in [1.29, 1.82) is 0 Å². The number of carbonyl (C=O) groups excluding carboxylic acids is 1. The van der Waals surface area contributed by atoms with Crippen LogP contribution in [0.2, 0.25) is 0 Å². The first-order valence-corrected chi connectivity index (χ1v) is 9.54. The highest BCUT2D eigenvalue weighted by molar-refractivity contribution is 6.24. The summed E-state index contributed by atoms with van der Waals surface area (Å²) >= 11 is 4.82. The van der Waals surface area contributed by atoms with Crippen LogP contribution in [-0.2, 0) is 11.4 Å². The summed E-state index contributed by atoms with van der Waals surface area (Å²) in [6, 6.07) is 21.2. The van der Waals surface area contributed by atoms with Crippen LogP contribution in [0.1, 0.15) is 5.56 Å². The largest absolute Gasteiger partial charge is 0.489 e. The first-order chi connectivity index (χ1) is 14.2. The molecule has 4 rings (SSSR count). The van der Waals surface area contributed by atoms with Crippen LogP contribution in [0, 0.1) is 0 Å². The van der Waals surface area contributed by atoms with Gasteiger partial charge in [-0.3, -0.25) is 0 Å². The topological polar surface area (TPSA) is 68.5 Å². The number of aldehydes is 1. The molecule has 4 aromatic rings. The van der Waals surface area contributed by atoms with E-state index < -0.39 is 0 Å². The van der Waals surface area contributed by atoms with Crippen LogP contribution in [0.5, 0.6) is 5.75 Å². The number of halogens is 1. The van der Waals surface area contributed by atoms with Crippen molar-refractivity contribution in [2.24, 2.45) is 0 Å². The van der Waals surface area contributed by atoms with Gasteiger partial charge in [-0.1, -0.05) is 36.4 Å². The normalized spacial score (nSPS) is 10.3. The molecule has 5 nitrogen and oxygen atoms in total. The summed E-state index contributed by atoms with van der Waals surface area (Å²) in [5.74, 6) is 0.783. The van der Waals surface area contributed by atoms with Gasteiger partial charge in [-0.15, -0.1) is 11.6 Å². The van der Waals surface area contributed by atoms with E-state index in [1.165, 1.54) is 0 Å². The lowest BCUT2D eigenvalue weighted by Gasteiger charge is -2.09. The first-order valence-electron chi connectivity index (χ1n) is 9.01. The minimum Gasteiger partial charge on any atom is -0.489 e. The Balaban J connectivity index is 0.000000552. The zero-order chi connectivity index (χ0) is 20.6. The quantitative estimate of drug-likeness (QED) is 0.217. The summed E-state index contributed by atoms with van der Waals surface area (Å²) in [7, 11) is 1.82. The van der Waals surface area contributed by atoms with E-state index in [2.05, 4.69) is 5.32 Å². The summed E-state index contributed by atoms with van der Waals surface area (Å²) in [6.45, 7) is 0.468. The van der Waals surface area contributed by atoms with Crippen LogP contribution in [0.3, 0.4) is 0 Å². The molecule has 0 saturated carbocycles. The predicted octanol–water partition coefficient (Wildman–Crippen LogP) is 4.99. The number of benzene rings is 3. The molecule has 0 saturated heterocycles. The Hall–Kier alpha value is -3.31. The molecule has 0 aliphatic carbocycles. The lowest BCUT2D eigenvalue weighted by atomic mass is 10.1. The molecule has 0 atom stereocenters. The summed E-state index contributed by atoms with van der Waals surface area (Å²) in [5.41, 5.74) is 2.14. The highest BCUT2D eigenvalue weighted by Crippen LogP contribution is 2.28. The van der Waals surface area contributed by atoms with Gasteiger partial charge in [-0.2, -0.15) is 0 Å². The lowest BCUT2D eigenvalue weighted by Crippen LogP contribution is -2.01. The Morgan fingerprint density at radius 1 is 1.00 bits per heavy atom. The Bertz CT molecular complexity index is 1170. The third kappa shape index (κ3) is 4.95. The van der Waals surface area contributed by atoms with Crippen LogP contribution in [0.4, 0.5) is 5.69 Å². The molecular weight excluding hydrogens is 390 g/mol. The Morgan fingerprint density at radius 3 is 2.41 bits per heavy atom. The number of hydrogen-bond donors (Lipinski definition) is 1. The van der Waals surface area contributed by atoms with Crippen molar-refractivity contribution in [3.8, 4) is 5.75 Å². The number of alkyl halides is 1. The molecule has 0 amide bonds. The van der Waals surface area contributed by atoms with Crippen molar-refractivity contribution < 1.29 is 13.9 Å².